The number of anilines is 1. The fraction of sp³-hybridized carbons (Fsp3) is 0.421. The lowest BCUT2D eigenvalue weighted by molar-refractivity contribution is 0.0216. The Hall–Kier alpha value is -2.27. The Balaban J connectivity index is 1.49. The highest BCUT2D eigenvalue weighted by atomic mass is 16.2. The first kappa shape index (κ1) is 15.3. The maximum atomic E-state index is 12.7. The molecule has 24 heavy (non-hydrogen) atoms. The fourth-order valence-corrected chi connectivity index (χ4v) is 4.18. The van der Waals surface area contributed by atoms with Gasteiger partial charge in [-0.3, -0.25) is 9.69 Å². The monoisotopic (exact) mass is 324 g/mol. The highest BCUT2D eigenvalue weighted by Gasteiger charge is 2.40. The van der Waals surface area contributed by atoms with Crippen molar-refractivity contribution >= 4 is 11.6 Å². The van der Waals surface area contributed by atoms with Crippen LogP contribution in [0.3, 0.4) is 0 Å². The van der Waals surface area contributed by atoms with Gasteiger partial charge in [-0.05, 0) is 68.6 Å². The van der Waals surface area contributed by atoms with E-state index in [1.807, 2.05) is 36.4 Å². The molecule has 2 atom stereocenters. The molecule has 2 bridgehead atoms. The van der Waals surface area contributed by atoms with Crippen molar-refractivity contribution in [1.29, 1.82) is 0 Å². The lowest BCUT2D eigenvalue weighted by atomic mass is 9.79. The molecule has 0 radical (unpaired) electrons. The van der Waals surface area contributed by atoms with Crippen LogP contribution < -0.4 is 11.1 Å². The summed E-state index contributed by atoms with van der Waals surface area (Å²) in [6, 6.07) is 12.1. The number of benzene rings is 1. The Labute approximate surface area is 142 Å². The number of amides is 1. The Bertz CT molecular complexity index is 743. The van der Waals surface area contributed by atoms with E-state index in [1.54, 1.807) is 0 Å². The van der Waals surface area contributed by atoms with Crippen LogP contribution in [0.15, 0.2) is 36.4 Å². The Morgan fingerprint density at radius 2 is 2.04 bits per heavy atom. The number of nitrogens with zero attached hydrogens (tertiary/aromatic N) is 1. The van der Waals surface area contributed by atoms with Gasteiger partial charge in [-0.25, -0.2) is 0 Å². The zero-order valence-corrected chi connectivity index (χ0v) is 14.0. The van der Waals surface area contributed by atoms with Crippen LogP contribution in [-0.4, -0.2) is 41.0 Å². The van der Waals surface area contributed by atoms with Crippen LogP contribution in [0.2, 0.25) is 0 Å². The zero-order valence-electron chi connectivity index (χ0n) is 14.0. The van der Waals surface area contributed by atoms with Gasteiger partial charge in [-0.15, -0.1) is 0 Å². The summed E-state index contributed by atoms with van der Waals surface area (Å²) in [7, 11) is 0. The molecule has 2 aromatic rings. The summed E-state index contributed by atoms with van der Waals surface area (Å²) in [5.41, 5.74) is 9.07. The topological polar surface area (TPSA) is 74.1 Å². The molecule has 4 heterocycles. The van der Waals surface area contributed by atoms with E-state index in [0.717, 1.165) is 11.3 Å². The van der Waals surface area contributed by atoms with E-state index >= 15 is 0 Å². The maximum absolute atomic E-state index is 12.7. The molecule has 3 aliphatic heterocycles. The minimum atomic E-state index is -0.0178. The van der Waals surface area contributed by atoms with Crippen LogP contribution in [0, 0.1) is 5.92 Å². The second kappa shape index (κ2) is 5.98. The first-order chi connectivity index (χ1) is 11.6. The first-order valence-electron chi connectivity index (χ1n) is 8.71. The molecule has 3 fully saturated rings. The summed E-state index contributed by atoms with van der Waals surface area (Å²) in [6.07, 6.45) is 2.38. The number of piperidine rings is 3. The van der Waals surface area contributed by atoms with Gasteiger partial charge in [0.2, 0.25) is 0 Å². The number of fused-ring (bicyclic) bond motifs is 3. The van der Waals surface area contributed by atoms with Crippen molar-refractivity contribution in [3.05, 3.63) is 42.1 Å². The molecule has 4 N–H and O–H groups in total. The minimum Gasteiger partial charge on any atom is -0.399 e. The van der Waals surface area contributed by atoms with Crippen LogP contribution in [-0.2, 0) is 0 Å². The molecule has 0 aliphatic carbocycles. The van der Waals surface area contributed by atoms with E-state index in [2.05, 4.69) is 22.1 Å². The molecule has 5 nitrogen and oxygen atoms in total. The van der Waals surface area contributed by atoms with Gasteiger partial charge >= 0.3 is 0 Å². The molecule has 3 aliphatic rings. The molecule has 126 valence electrons. The van der Waals surface area contributed by atoms with E-state index < -0.39 is 0 Å². The van der Waals surface area contributed by atoms with E-state index in [-0.39, 0.29) is 11.9 Å². The number of aromatic amines is 1. The molecular formula is C19H24N4O. The molecule has 3 saturated heterocycles. The van der Waals surface area contributed by atoms with Crippen molar-refractivity contribution in [3.8, 4) is 11.3 Å². The molecule has 1 aromatic carbocycles. The predicted molar refractivity (Wildman–Crippen MR) is 95.7 cm³/mol. The van der Waals surface area contributed by atoms with Crippen molar-refractivity contribution in [2.45, 2.75) is 31.8 Å². The van der Waals surface area contributed by atoms with Gasteiger partial charge in [0.05, 0.1) is 0 Å². The number of nitrogens with one attached hydrogen (secondary N) is 2. The van der Waals surface area contributed by atoms with Gasteiger partial charge in [0.15, 0.2) is 0 Å². The van der Waals surface area contributed by atoms with Crippen molar-refractivity contribution < 1.29 is 4.79 Å². The largest absolute Gasteiger partial charge is 0.399 e. The summed E-state index contributed by atoms with van der Waals surface area (Å²) in [6.45, 7) is 4.56. The van der Waals surface area contributed by atoms with Crippen LogP contribution in [0.4, 0.5) is 5.69 Å². The summed E-state index contributed by atoms with van der Waals surface area (Å²) in [5.74, 6) is 0.591. The van der Waals surface area contributed by atoms with Crippen LogP contribution in [0.25, 0.3) is 11.3 Å². The lowest BCUT2D eigenvalue weighted by Crippen LogP contribution is -2.62. The third-order valence-electron chi connectivity index (χ3n) is 5.60. The smallest absolute Gasteiger partial charge is 0.267 e. The molecule has 0 spiro atoms. The van der Waals surface area contributed by atoms with Gasteiger partial charge in [0, 0.05) is 23.5 Å². The van der Waals surface area contributed by atoms with Crippen molar-refractivity contribution in [1.82, 2.24) is 15.2 Å². The highest BCUT2D eigenvalue weighted by molar-refractivity contribution is 5.93. The van der Waals surface area contributed by atoms with Crippen molar-refractivity contribution in [2.75, 3.05) is 18.8 Å². The predicted octanol–water partition coefficient (Wildman–Crippen LogP) is 2.48. The maximum Gasteiger partial charge on any atom is 0.267 e. The number of hydrogen-bond acceptors (Lipinski definition) is 3. The molecule has 1 amide bonds. The van der Waals surface area contributed by atoms with E-state index in [0.29, 0.717) is 23.3 Å². The third-order valence-corrected chi connectivity index (χ3v) is 5.60. The number of aromatic nitrogens is 1. The molecule has 0 saturated carbocycles. The highest BCUT2D eigenvalue weighted by Crippen LogP contribution is 2.32. The third kappa shape index (κ3) is 2.69. The average molecular weight is 324 g/mol. The van der Waals surface area contributed by atoms with Crippen molar-refractivity contribution in [3.63, 3.8) is 0 Å². The SMILES string of the molecule is C[C@@H]1[C@H](NC(=O)c2ccc(-c3cccc(N)c3)[nH]2)C2CCN1CC2. The van der Waals surface area contributed by atoms with Crippen LogP contribution >= 0.6 is 0 Å². The Morgan fingerprint density at radius 3 is 2.75 bits per heavy atom. The Morgan fingerprint density at radius 1 is 1.25 bits per heavy atom. The van der Waals surface area contributed by atoms with Gasteiger partial charge in [-0.1, -0.05) is 12.1 Å². The van der Waals surface area contributed by atoms with Crippen LogP contribution in [0.5, 0.6) is 0 Å². The number of carbonyl (C=O) groups is 1. The van der Waals surface area contributed by atoms with E-state index in [9.17, 15) is 4.79 Å². The number of rotatable bonds is 3. The fourth-order valence-electron chi connectivity index (χ4n) is 4.18. The molecule has 5 heteroatoms. The standard InChI is InChI=1S/C19H24N4O/c1-12-18(13-7-9-23(12)10-8-13)22-19(24)17-6-5-16(21-17)14-3-2-4-15(20)11-14/h2-6,11-13,18,21H,7-10,20H2,1H3,(H,22,24)/t12-,18+/m1/s1. The lowest BCUT2D eigenvalue weighted by Gasteiger charge is -2.49. The number of carbonyl (C=O) groups excluding carboxylic acids is 1. The minimum absolute atomic E-state index is 0.0178. The molecule has 0 unspecified atom stereocenters. The molecular weight excluding hydrogens is 300 g/mol. The van der Waals surface area contributed by atoms with Gasteiger partial charge in [0.25, 0.3) is 5.91 Å². The van der Waals surface area contributed by atoms with Crippen LogP contribution in [0.1, 0.15) is 30.3 Å². The van der Waals surface area contributed by atoms with E-state index in [4.69, 9.17) is 5.73 Å². The summed E-state index contributed by atoms with van der Waals surface area (Å²) in [4.78, 5) is 18.4. The zero-order chi connectivity index (χ0) is 16.7. The number of H-pyrrole nitrogens is 1. The number of nitrogens with two attached hydrogens (primary N) is 1. The Kier molecular flexibility index (Phi) is 3.81. The summed E-state index contributed by atoms with van der Waals surface area (Å²) >= 11 is 0. The second-order valence-electron chi connectivity index (χ2n) is 7.02. The summed E-state index contributed by atoms with van der Waals surface area (Å²) < 4.78 is 0. The average Bonchev–Trinajstić information content (AvgIpc) is 3.09. The summed E-state index contributed by atoms with van der Waals surface area (Å²) in [5, 5.41) is 3.26. The normalized spacial score (nSPS) is 28.7. The van der Waals surface area contributed by atoms with Gasteiger partial charge < -0.3 is 16.0 Å². The number of hydrogen-bond donors (Lipinski definition) is 3. The van der Waals surface area contributed by atoms with Gasteiger partial charge in [0.1, 0.15) is 5.69 Å². The first-order valence-corrected chi connectivity index (χ1v) is 8.71. The quantitative estimate of drug-likeness (QED) is 0.759. The second-order valence-corrected chi connectivity index (χ2v) is 7.02. The van der Waals surface area contributed by atoms with Crippen molar-refractivity contribution in [2.24, 2.45) is 5.92 Å². The van der Waals surface area contributed by atoms with Gasteiger partial charge in [-0.2, -0.15) is 0 Å². The molecule has 5 rings (SSSR count). The van der Waals surface area contributed by atoms with E-state index in [1.165, 1.54) is 25.9 Å². The number of nitrogen functional groups attached to an aromatic ring is 1. The molecule has 1 aromatic heterocycles.